The monoisotopic (exact) mass is 193 g/mol. The van der Waals surface area contributed by atoms with Gasteiger partial charge in [-0.25, -0.2) is 0 Å². The summed E-state index contributed by atoms with van der Waals surface area (Å²) >= 11 is 0. The van der Waals surface area contributed by atoms with Crippen molar-refractivity contribution in [3.63, 3.8) is 0 Å². The molecule has 0 aliphatic heterocycles. The van der Waals surface area contributed by atoms with Gasteiger partial charge in [0.05, 0.1) is 33.7 Å². The normalized spacial score (nSPS) is 11.4. The molecule has 14 heavy (non-hydrogen) atoms. The Balaban J connectivity index is 2.29. The number of hydrogen-bond acceptors (Lipinski definition) is 1. The molecule has 0 saturated carbocycles. The van der Waals surface area contributed by atoms with E-state index >= 15 is 0 Å². The van der Waals surface area contributed by atoms with Crippen LogP contribution in [0.15, 0.2) is 30.3 Å². The van der Waals surface area contributed by atoms with E-state index in [0.29, 0.717) is 0 Å². The quantitative estimate of drug-likeness (QED) is 0.707. The minimum atomic E-state index is 1.03. The van der Waals surface area contributed by atoms with Gasteiger partial charge in [0.15, 0.2) is 0 Å². The van der Waals surface area contributed by atoms with Crippen LogP contribution in [-0.4, -0.2) is 38.2 Å². The molecule has 1 N–H and O–H groups in total. The van der Waals surface area contributed by atoms with Crippen LogP contribution in [0.5, 0.6) is 0 Å². The zero-order valence-electron chi connectivity index (χ0n) is 9.46. The number of nitrogens with zero attached hydrogens (tertiary/aromatic N) is 1. The number of benzene rings is 1. The Morgan fingerprint density at radius 1 is 1.14 bits per heavy atom. The summed E-state index contributed by atoms with van der Waals surface area (Å²) in [6.45, 7) is 5.59. The molecule has 0 radical (unpaired) electrons. The van der Waals surface area contributed by atoms with Crippen molar-refractivity contribution < 1.29 is 4.48 Å². The lowest BCUT2D eigenvalue weighted by Gasteiger charge is -2.28. The van der Waals surface area contributed by atoms with Crippen molar-refractivity contribution in [2.45, 2.75) is 6.92 Å². The molecule has 1 aromatic carbocycles. The third-order valence-electron chi connectivity index (χ3n) is 2.68. The van der Waals surface area contributed by atoms with E-state index in [9.17, 15) is 0 Å². The Kier molecular flexibility index (Phi) is 3.96. The molecular weight excluding hydrogens is 172 g/mol. The number of para-hydroxylation sites is 1. The van der Waals surface area contributed by atoms with Crippen molar-refractivity contribution in [3.8, 4) is 0 Å². The van der Waals surface area contributed by atoms with Gasteiger partial charge in [0.25, 0.3) is 0 Å². The van der Waals surface area contributed by atoms with E-state index in [1.54, 1.807) is 0 Å². The molecule has 0 spiro atoms. The Labute approximate surface area is 87.1 Å². The second kappa shape index (κ2) is 5.01. The SMILES string of the molecule is CC[N+](C)(C)CCNc1ccccc1. The van der Waals surface area contributed by atoms with Gasteiger partial charge in [0.2, 0.25) is 0 Å². The van der Waals surface area contributed by atoms with Crippen LogP contribution in [0.4, 0.5) is 5.69 Å². The molecule has 78 valence electrons. The highest BCUT2D eigenvalue weighted by atomic mass is 15.3. The van der Waals surface area contributed by atoms with Gasteiger partial charge in [0, 0.05) is 5.69 Å². The first-order chi connectivity index (χ1) is 6.64. The van der Waals surface area contributed by atoms with E-state index in [0.717, 1.165) is 17.6 Å². The second-order valence-corrected chi connectivity index (χ2v) is 4.27. The van der Waals surface area contributed by atoms with Crippen LogP contribution in [0.2, 0.25) is 0 Å². The average molecular weight is 193 g/mol. The third-order valence-corrected chi connectivity index (χ3v) is 2.68. The van der Waals surface area contributed by atoms with Gasteiger partial charge in [-0.1, -0.05) is 18.2 Å². The van der Waals surface area contributed by atoms with E-state index in [-0.39, 0.29) is 0 Å². The molecule has 1 rings (SSSR count). The molecule has 0 aliphatic carbocycles. The molecule has 0 saturated heterocycles. The predicted octanol–water partition coefficient (Wildman–Crippen LogP) is 2.19. The van der Waals surface area contributed by atoms with Crippen LogP contribution < -0.4 is 5.32 Å². The van der Waals surface area contributed by atoms with Crippen LogP contribution >= 0.6 is 0 Å². The summed E-state index contributed by atoms with van der Waals surface area (Å²) in [7, 11) is 4.51. The highest BCUT2D eigenvalue weighted by Crippen LogP contribution is 2.04. The first kappa shape index (κ1) is 11.1. The molecule has 0 amide bonds. The molecule has 0 aromatic heterocycles. The summed E-state index contributed by atoms with van der Waals surface area (Å²) < 4.78 is 1.07. The fourth-order valence-corrected chi connectivity index (χ4v) is 1.22. The Morgan fingerprint density at radius 3 is 2.36 bits per heavy atom. The number of rotatable bonds is 5. The maximum atomic E-state index is 3.42. The van der Waals surface area contributed by atoms with Crippen molar-refractivity contribution in [1.82, 2.24) is 0 Å². The molecule has 0 fully saturated rings. The molecule has 2 nitrogen and oxygen atoms in total. The fraction of sp³-hybridized carbons (Fsp3) is 0.500. The van der Waals surface area contributed by atoms with Crippen LogP contribution in [0.25, 0.3) is 0 Å². The highest BCUT2D eigenvalue weighted by molar-refractivity contribution is 5.42. The molecule has 2 heteroatoms. The van der Waals surface area contributed by atoms with Gasteiger partial charge in [-0.15, -0.1) is 0 Å². The maximum absolute atomic E-state index is 3.42. The van der Waals surface area contributed by atoms with Gasteiger partial charge >= 0.3 is 0 Å². The topological polar surface area (TPSA) is 12.0 Å². The van der Waals surface area contributed by atoms with Crippen LogP contribution in [-0.2, 0) is 0 Å². The van der Waals surface area contributed by atoms with E-state index in [1.807, 2.05) is 6.07 Å². The first-order valence-corrected chi connectivity index (χ1v) is 5.25. The van der Waals surface area contributed by atoms with E-state index in [1.165, 1.54) is 12.2 Å². The van der Waals surface area contributed by atoms with Crippen LogP contribution in [0, 0.1) is 0 Å². The molecule has 0 aliphatic rings. The van der Waals surface area contributed by atoms with Crippen LogP contribution in [0.3, 0.4) is 0 Å². The molecule has 0 unspecified atom stereocenters. The van der Waals surface area contributed by atoms with Gasteiger partial charge < -0.3 is 9.80 Å². The van der Waals surface area contributed by atoms with Crippen molar-refractivity contribution in [2.24, 2.45) is 0 Å². The number of hydrogen-bond donors (Lipinski definition) is 1. The summed E-state index contributed by atoms with van der Waals surface area (Å²) in [5.41, 5.74) is 1.21. The number of quaternary nitrogens is 1. The average Bonchev–Trinajstić information content (AvgIpc) is 2.19. The number of nitrogens with one attached hydrogen (secondary N) is 1. The first-order valence-electron chi connectivity index (χ1n) is 5.25. The van der Waals surface area contributed by atoms with Crippen LogP contribution in [0.1, 0.15) is 6.92 Å². The standard InChI is InChI=1S/C12H21N2/c1-4-14(2,3)11-10-13-12-8-6-5-7-9-12/h5-9,13H,4,10-11H2,1-3H3/q+1. The minimum Gasteiger partial charge on any atom is -0.379 e. The van der Waals surface area contributed by atoms with Crippen molar-refractivity contribution >= 4 is 5.69 Å². The zero-order valence-corrected chi connectivity index (χ0v) is 9.46. The Hall–Kier alpha value is -1.02. The third kappa shape index (κ3) is 3.79. The fourth-order valence-electron chi connectivity index (χ4n) is 1.22. The minimum absolute atomic E-state index is 1.03. The Bertz CT molecular complexity index is 254. The van der Waals surface area contributed by atoms with Gasteiger partial charge in [-0.2, -0.15) is 0 Å². The summed E-state index contributed by atoms with van der Waals surface area (Å²) in [5.74, 6) is 0. The summed E-state index contributed by atoms with van der Waals surface area (Å²) in [6, 6.07) is 10.4. The Morgan fingerprint density at radius 2 is 1.79 bits per heavy atom. The predicted molar refractivity (Wildman–Crippen MR) is 62.4 cm³/mol. The maximum Gasteiger partial charge on any atom is 0.0957 e. The highest BCUT2D eigenvalue weighted by Gasteiger charge is 2.09. The summed E-state index contributed by atoms with van der Waals surface area (Å²) in [6.07, 6.45) is 0. The number of anilines is 1. The number of likely N-dealkylation sites (N-methyl/N-ethyl adjacent to an activating group) is 1. The molecule has 0 bridgehead atoms. The molecule has 0 atom stereocenters. The molecule has 1 aromatic rings. The van der Waals surface area contributed by atoms with Gasteiger partial charge in [-0.05, 0) is 19.1 Å². The lowest BCUT2D eigenvalue weighted by Crippen LogP contribution is -2.42. The largest absolute Gasteiger partial charge is 0.379 e. The van der Waals surface area contributed by atoms with Crippen molar-refractivity contribution in [3.05, 3.63) is 30.3 Å². The van der Waals surface area contributed by atoms with Crippen molar-refractivity contribution in [2.75, 3.05) is 39.0 Å². The molecular formula is C12H21N2+. The van der Waals surface area contributed by atoms with Crippen molar-refractivity contribution in [1.29, 1.82) is 0 Å². The summed E-state index contributed by atoms with van der Waals surface area (Å²) in [4.78, 5) is 0. The second-order valence-electron chi connectivity index (χ2n) is 4.27. The van der Waals surface area contributed by atoms with E-state index in [4.69, 9.17) is 0 Å². The van der Waals surface area contributed by atoms with Gasteiger partial charge in [-0.3, -0.25) is 0 Å². The molecule has 0 heterocycles. The van der Waals surface area contributed by atoms with Gasteiger partial charge in [0.1, 0.15) is 0 Å². The summed E-state index contributed by atoms with van der Waals surface area (Å²) in [5, 5.41) is 3.42. The smallest absolute Gasteiger partial charge is 0.0957 e. The lowest BCUT2D eigenvalue weighted by atomic mass is 10.3. The lowest BCUT2D eigenvalue weighted by molar-refractivity contribution is -0.886. The zero-order chi connectivity index (χ0) is 10.4. The van der Waals surface area contributed by atoms with E-state index < -0.39 is 0 Å². The van der Waals surface area contributed by atoms with E-state index in [2.05, 4.69) is 50.6 Å².